The molecule has 0 radical (unpaired) electrons. The van der Waals surface area contributed by atoms with Gasteiger partial charge < -0.3 is 0 Å². The Morgan fingerprint density at radius 1 is 0.935 bits per heavy atom. The number of benzene rings is 3. The van der Waals surface area contributed by atoms with E-state index in [1.807, 2.05) is 6.07 Å². The standard InChI is InChI=1S/C23H12F5N3/c24-18-5-3-4-17(21(18)25)15(13-29)12-14-8-10-16(11-9-14)31-20-7-2-1-6-19(20)30-22(31)23(26,27)28/h1-12H/b15-12+. The highest BCUT2D eigenvalue weighted by atomic mass is 19.4. The molecule has 154 valence electrons. The van der Waals surface area contributed by atoms with Crippen molar-refractivity contribution in [3.63, 3.8) is 0 Å². The summed E-state index contributed by atoms with van der Waals surface area (Å²) in [5.41, 5.74) is 0.820. The van der Waals surface area contributed by atoms with Crippen molar-refractivity contribution >= 4 is 22.7 Å². The third kappa shape index (κ3) is 3.78. The maximum Gasteiger partial charge on any atom is 0.450 e. The minimum absolute atomic E-state index is 0.117. The predicted octanol–water partition coefficient (Wildman–Crippen LogP) is 6.39. The lowest BCUT2D eigenvalue weighted by molar-refractivity contribution is -0.145. The Balaban J connectivity index is 1.79. The Bertz CT molecular complexity index is 1340. The highest BCUT2D eigenvalue weighted by molar-refractivity contribution is 5.90. The molecule has 0 fully saturated rings. The van der Waals surface area contributed by atoms with Crippen LogP contribution in [0.15, 0.2) is 66.7 Å². The van der Waals surface area contributed by atoms with Gasteiger partial charge in [-0.25, -0.2) is 13.8 Å². The summed E-state index contributed by atoms with van der Waals surface area (Å²) in [7, 11) is 0. The number of aromatic nitrogens is 2. The van der Waals surface area contributed by atoms with Gasteiger partial charge in [-0.2, -0.15) is 18.4 Å². The van der Waals surface area contributed by atoms with Crippen molar-refractivity contribution in [3.05, 3.63) is 95.3 Å². The molecule has 0 spiro atoms. The minimum Gasteiger partial charge on any atom is -0.289 e. The molecule has 0 saturated carbocycles. The van der Waals surface area contributed by atoms with E-state index < -0.39 is 23.6 Å². The molecule has 4 rings (SSSR count). The van der Waals surface area contributed by atoms with Gasteiger partial charge in [0.1, 0.15) is 0 Å². The third-order valence-corrected chi connectivity index (χ3v) is 4.64. The molecule has 1 heterocycles. The second-order valence-corrected chi connectivity index (χ2v) is 6.62. The topological polar surface area (TPSA) is 41.6 Å². The zero-order valence-corrected chi connectivity index (χ0v) is 15.7. The Labute approximate surface area is 173 Å². The first-order valence-corrected chi connectivity index (χ1v) is 9.01. The van der Waals surface area contributed by atoms with Crippen molar-refractivity contribution < 1.29 is 22.0 Å². The van der Waals surface area contributed by atoms with Gasteiger partial charge >= 0.3 is 6.18 Å². The molecule has 1 aromatic heterocycles. The number of hydrogen-bond donors (Lipinski definition) is 0. The first-order chi connectivity index (χ1) is 14.8. The number of alkyl halides is 3. The lowest BCUT2D eigenvalue weighted by atomic mass is 10.0. The quantitative estimate of drug-likeness (QED) is 0.217. The van der Waals surface area contributed by atoms with Gasteiger partial charge in [0.2, 0.25) is 5.82 Å². The van der Waals surface area contributed by atoms with E-state index in [-0.39, 0.29) is 27.9 Å². The number of nitrogens with zero attached hydrogens (tertiary/aromatic N) is 3. The van der Waals surface area contributed by atoms with E-state index in [1.54, 1.807) is 12.1 Å². The van der Waals surface area contributed by atoms with Crippen molar-refractivity contribution in [2.45, 2.75) is 6.18 Å². The molecule has 3 nitrogen and oxygen atoms in total. The van der Waals surface area contributed by atoms with Gasteiger partial charge in [0.25, 0.3) is 0 Å². The van der Waals surface area contributed by atoms with Crippen LogP contribution in [0.5, 0.6) is 0 Å². The van der Waals surface area contributed by atoms with Gasteiger partial charge in [-0.05, 0) is 42.0 Å². The van der Waals surface area contributed by atoms with E-state index in [0.717, 1.165) is 10.6 Å². The molecule has 0 saturated heterocycles. The highest BCUT2D eigenvalue weighted by Gasteiger charge is 2.38. The molecule has 0 aliphatic heterocycles. The number of hydrogen-bond acceptors (Lipinski definition) is 2. The van der Waals surface area contributed by atoms with Crippen LogP contribution in [0.1, 0.15) is 17.0 Å². The average molecular weight is 425 g/mol. The van der Waals surface area contributed by atoms with E-state index in [2.05, 4.69) is 4.98 Å². The fourth-order valence-corrected chi connectivity index (χ4v) is 3.25. The normalized spacial score (nSPS) is 12.2. The van der Waals surface area contributed by atoms with Gasteiger partial charge in [-0.15, -0.1) is 0 Å². The van der Waals surface area contributed by atoms with Gasteiger partial charge in [0.05, 0.1) is 22.7 Å². The largest absolute Gasteiger partial charge is 0.450 e. The van der Waals surface area contributed by atoms with E-state index >= 15 is 0 Å². The molecule has 31 heavy (non-hydrogen) atoms. The van der Waals surface area contributed by atoms with Crippen LogP contribution in [0.2, 0.25) is 0 Å². The van der Waals surface area contributed by atoms with Crippen molar-refractivity contribution in [3.8, 4) is 11.8 Å². The highest BCUT2D eigenvalue weighted by Crippen LogP contribution is 2.34. The average Bonchev–Trinajstić information content (AvgIpc) is 3.15. The predicted molar refractivity (Wildman–Crippen MR) is 106 cm³/mol. The number of imidazole rings is 1. The van der Waals surface area contributed by atoms with Crippen LogP contribution in [-0.4, -0.2) is 9.55 Å². The number of para-hydroxylation sites is 2. The Kier molecular flexibility index (Phi) is 5.03. The minimum atomic E-state index is -4.67. The molecule has 4 aromatic rings. The van der Waals surface area contributed by atoms with E-state index in [9.17, 15) is 27.2 Å². The summed E-state index contributed by atoms with van der Waals surface area (Å²) in [4.78, 5) is 3.71. The fourth-order valence-electron chi connectivity index (χ4n) is 3.25. The lowest BCUT2D eigenvalue weighted by Gasteiger charge is -2.12. The molecular formula is C23H12F5N3. The number of nitriles is 1. The summed E-state index contributed by atoms with van der Waals surface area (Å²) < 4.78 is 69.1. The van der Waals surface area contributed by atoms with Crippen LogP contribution < -0.4 is 0 Å². The summed E-state index contributed by atoms with van der Waals surface area (Å²) in [6.07, 6.45) is -3.33. The fraction of sp³-hybridized carbons (Fsp3) is 0.0435. The Morgan fingerprint density at radius 3 is 2.32 bits per heavy atom. The van der Waals surface area contributed by atoms with E-state index in [0.29, 0.717) is 5.56 Å². The van der Waals surface area contributed by atoms with Crippen molar-refractivity contribution in [1.82, 2.24) is 9.55 Å². The number of halogens is 5. The van der Waals surface area contributed by atoms with Gasteiger partial charge in [-0.1, -0.05) is 36.4 Å². The zero-order chi connectivity index (χ0) is 22.2. The lowest BCUT2D eigenvalue weighted by Crippen LogP contribution is -2.13. The third-order valence-electron chi connectivity index (χ3n) is 4.64. The van der Waals surface area contributed by atoms with Crippen LogP contribution >= 0.6 is 0 Å². The summed E-state index contributed by atoms with van der Waals surface area (Å²) in [5.74, 6) is -3.29. The summed E-state index contributed by atoms with van der Waals surface area (Å²) in [6, 6.07) is 17.4. The molecule has 0 bridgehead atoms. The Morgan fingerprint density at radius 2 is 1.65 bits per heavy atom. The van der Waals surface area contributed by atoms with Gasteiger partial charge in [-0.3, -0.25) is 4.57 Å². The molecule has 8 heteroatoms. The number of rotatable bonds is 3. The smallest absolute Gasteiger partial charge is 0.289 e. The zero-order valence-electron chi connectivity index (χ0n) is 15.7. The van der Waals surface area contributed by atoms with Crippen molar-refractivity contribution in [2.24, 2.45) is 0 Å². The Hall–Kier alpha value is -3.99. The maximum absolute atomic E-state index is 14.0. The second kappa shape index (κ2) is 7.69. The van der Waals surface area contributed by atoms with Crippen molar-refractivity contribution in [2.75, 3.05) is 0 Å². The number of fused-ring (bicyclic) bond motifs is 1. The summed E-state index contributed by atoms with van der Waals surface area (Å²) in [6.45, 7) is 0. The first kappa shape index (κ1) is 20.3. The SMILES string of the molecule is N#C/C(=C\c1ccc(-n2c(C(F)(F)F)nc3ccccc32)cc1)c1cccc(F)c1F. The van der Waals surface area contributed by atoms with Crippen LogP contribution in [0.3, 0.4) is 0 Å². The molecule has 0 unspecified atom stereocenters. The maximum atomic E-state index is 14.0. The van der Waals surface area contributed by atoms with E-state index in [1.165, 1.54) is 54.6 Å². The molecule has 0 N–H and O–H groups in total. The van der Waals surface area contributed by atoms with Crippen LogP contribution in [-0.2, 0) is 6.18 Å². The summed E-state index contributed by atoms with van der Waals surface area (Å²) in [5, 5.41) is 9.36. The molecule has 0 aliphatic carbocycles. The van der Waals surface area contributed by atoms with Crippen LogP contribution in [0.4, 0.5) is 22.0 Å². The van der Waals surface area contributed by atoms with Crippen LogP contribution in [0.25, 0.3) is 28.4 Å². The number of allylic oxidation sites excluding steroid dienone is 1. The van der Waals surface area contributed by atoms with E-state index in [4.69, 9.17) is 0 Å². The summed E-state index contributed by atoms with van der Waals surface area (Å²) >= 11 is 0. The van der Waals surface area contributed by atoms with Gasteiger partial charge in [0, 0.05) is 11.3 Å². The van der Waals surface area contributed by atoms with Crippen LogP contribution in [0, 0.1) is 23.0 Å². The molecule has 0 aliphatic rings. The molecule has 3 aromatic carbocycles. The molecular weight excluding hydrogens is 413 g/mol. The van der Waals surface area contributed by atoms with Crippen molar-refractivity contribution in [1.29, 1.82) is 5.26 Å². The second-order valence-electron chi connectivity index (χ2n) is 6.62. The monoisotopic (exact) mass is 425 g/mol. The molecule has 0 atom stereocenters. The molecule has 0 amide bonds. The first-order valence-electron chi connectivity index (χ1n) is 9.01. The van der Waals surface area contributed by atoms with Gasteiger partial charge in [0.15, 0.2) is 11.6 Å².